The smallest absolute Gasteiger partial charge is 0.238 e. The summed E-state index contributed by atoms with van der Waals surface area (Å²) in [5.74, 6) is -0.198. The lowest BCUT2D eigenvalue weighted by Crippen LogP contribution is -2.21. The SMILES string of the molecule is Cn1ncc2ccc(NC(=O)CN)cc21. The highest BCUT2D eigenvalue weighted by Gasteiger charge is 2.03. The van der Waals surface area contributed by atoms with Crippen LogP contribution in [0.1, 0.15) is 0 Å². The molecule has 0 aliphatic heterocycles. The van der Waals surface area contributed by atoms with E-state index in [0.717, 1.165) is 16.6 Å². The molecule has 1 heterocycles. The minimum absolute atomic E-state index is 0.0105. The van der Waals surface area contributed by atoms with Crippen molar-refractivity contribution in [2.45, 2.75) is 0 Å². The zero-order chi connectivity index (χ0) is 10.8. The van der Waals surface area contributed by atoms with E-state index in [4.69, 9.17) is 5.73 Å². The van der Waals surface area contributed by atoms with E-state index in [2.05, 4.69) is 10.4 Å². The molecule has 0 saturated carbocycles. The van der Waals surface area contributed by atoms with Crippen LogP contribution in [0, 0.1) is 0 Å². The Bertz CT molecular complexity index is 503. The number of aryl methyl sites for hydroxylation is 1. The van der Waals surface area contributed by atoms with Crippen molar-refractivity contribution < 1.29 is 4.79 Å². The number of hydrogen-bond acceptors (Lipinski definition) is 3. The van der Waals surface area contributed by atoms with Crippen molar-refractivity contribution >= 4 is 22.5 Å². The Morgan fingerprint density at radius 2 is 2.40 bits per heavy atom. The maximum atomic E-state index is 11.1. The second-order valence-corrected chi connectivity index (χ2v) is 3.29. The lowest BCUT2D eigenvalue weighted by atomic mass is 10.2. The van der Waals surface area contributed by atoms with Gasteiger partial charge in [-0.1, -0.05) is 0 Å². The van der Waals surface area contributed by atoms with Crippen LogP contribution in [0.5, 0.6) is 0 Å². The molecular weight excluding hydrogens is 192 g/mol. The van der Waals surface area contributed by atoms with E-state index in [1.54, 1.807) is 10.9 Å². The van der Waals surface area contributed by atoms with E-state index >= 15 is 0 Å². The molecule has 0 saturated heterocycles. The number of benzene rings is 1. The van der Waals surface area contributed by atoms with Crippen LogP contribution in [-0.4, -0.2) is 22.2 Å². The Labute approximate surface area is 86.9 Å². The van der Waals surface area contributed by atoms with Gasteiger partial charge >= 0.3 is 0 Å². The maximum Gasteiger partial charge on any atom is 0.238 e. The van der Waals surface area contributed by atoms with Gasteiger partial charge in [-0.05, 0) is 18.2 Å². The first-order chi connectivity index (χ1) is 7.20. The maximum absolute atomic E-state index is 11.1. The van der Waals surface area contributed by atoms with Gasteiger partial charge in [0, 0.05) is 18.1 Å². The Morgan fingerprint density at radius 1 is 1.60 bits per heavy atom. The van der Waals surface area contributed by atoms with Gasteiger partial charge in [-0.25, -0.2) is 0 Å². The number of carbonyl (C=O) groups excluding carboxylic acids is 1. The number of aromatic nitrogens is 2. The summed E-state index contributed by atoms with van der Waals surface area (Å²) in [6, 6.07) is 5.61. The van der Waals surface area contributed by atoms with E-state index < -0.39 is 0 Å². The van der Waals surface area contributed by atoms with Crippen LogP contribution in [0.2, 0.25) is 0 Å². The highest BCUT2D eigenvalue weighted by Crippen LogP contribution is 2.17. The molecule has 1 amide bonds. The van der Waals surface area contributed by atoms with Gasteiger partial charge in [0.1, 0.15) is 0 Å². The van der Waals surface area contributed by atoms with Crippen LogP contribution in [-0.2, 0) is 11.8 Å². The van der Waals surface area contributed by atoms with E-state index in [0.29, 0.717) is 0 Å². The van der Waals surface area contributed by atoms with Crippen molar-refractivity contribution in [3.8, 4) is 0 Å². The van der Waals surface area contributed by atoms with E-state index in [1.807, 2.05) is 25.2 Å². The fourth-order valence-electron chi connectivity index (χ4n) is 1.43. The minimum atomic E-state index is -0.198. The molecule has 0 bridgehead atoms. The average Bonchev–Trinajstić information content (AvgIpc) is 2.60. The third kappa shape index (κ3) is 1.82. The second kappa shape index (κ2) is 3.70. The number of nitrogens with two attached hydrogens (primary N) is 1. The van der Waals surface area contributed by atoms with Gasteiger partial charge in [0.05, 0.1) is 18.3 Å². The van der Waals surface area contributed by atoms with Crippen molar-refractivity contribution in [3.63, 3.8) is 0 Å². The Kier molecular flexibility index (Phi) is 2.39. The fourth-order valence-corrected chi connectivity index (χ4v) is 1.43. The van der Waals surface area contributed by atoms with E-state index in [-0.39, 0.29) is 12.5 Å². The monoisotopic (exact) mass is 204 g/mol. The van der Waals surface area contributed by atoms with Crippen molar-refractivity contribution in [1.82, 2.24) is 9.78 Å². The molecule has 3 N–H and O–H groups in total. The summed E-state index contributed by atoms with van der Waals surface area (Å²) in [7, 11) is 1.86. The molecule has 5 heteroatoms. The first-order valence-corrected chi connectivity index (χ1v) is 4.62. The Morgan fingerprint density at radius 3 is 3.13 bits per heavy atom. The summed E-state index contributed by atoms with van der Waals surface area (Å²) in [4.78, 5) is 11.1. The van der Waals surface area contributed by atoms with Gasteiger partial charge in [-0.15, -0.1) is 0 Å². The summed E-state index contributed by atoms with van der Waals surface area (Å²) in [6.45, 7) is -0.0105. The first-order valence-electron chi connectivity index (χ1n) is 4.62. The van der Waals surface area contributed by atoms with E-state index in [9.17, 15) is 4.79 Å². The van der Waals surface area contributed by atoms with Crippen molar-refractivity contribution in [2.24, 2.45) is 12.8 Å². The third-order valence-corrected chi connectivity index (χ3v) is 2.22. The molecule has 1 aromatic carbocycles. The highest BCUT2D eigenvalue weighted by molar-refractivity contribution is 5.94. The molecule has 0 fully saturated rings. The third-order valence-electron chi connectivity index (χ3n) is 2.22. The molecule has 0 aliphatic carbocycles. The van der Waals surface area contributed by atoms with Crippen molar-refractivity contribution in [2.75, 3.05) is 11.9 Å². The minimum Gasteiger partial charge on any atom is -0.325 e. The quantitative estimate of drug-likeness (QED) is 0.746. The van der Waals surface area contributed by atoms with Crippen LogP contribution >= 0.6 is 0 Å². The molecule has 0 radical (unpaired) electrons. The number of nitrogens with one attached hydrogen (secondary N) is 1. The predicted molar refractivity (Wildman–Crippen MR) is 58.4 cm³/mol. The normalized spacial score (nSPS) is 10.5. The van der Waals surface area contributed by atoms with Crippen molar-refractivity contribution in [3.05, 3.63) is 24.4 Å². The molecular formula is C10H12N4O. The zero-order valence-corrected chi connectivity index (χ0v) is 8.40. The summed E-state index contributed by atoms with van der Waals surface area (Å²) >= 11 is 0. The molecule has 2 aromatic rings. The molecule has 78 valence electrons. The topological polar surface area (TPSA) is 72.9 Å². The van der Waals surface area contributed by atoms with Gasteiger partial charge in [-0.3, -0.25) is 9.48 Å². The number of carbonyl (C=O) groups is 1. The van der Waals surface area contributed by atoms with Gasteiger partial charge in [-0.2, -0.15) is 5.10 Å². The van der Waals surface area contributed by atoms with Crippen LogP contribution in [0.25, 0.3) is 10.9 Å². The lowest BCUT2D eigenvalue weighted by Gasteiger charge is -2.03. The van der Waals surface area contributed by atoms with Crippen LogP contribution in [0.3, 0.4) is 0 Å². The Balaban J connectivity index is 2.37. The molecule has 15 heavy (non-hydrogen) atoms. The standard InChI is InChI=1S/C10H12N4O/c1-14-9-4-8(13-10(15)5-11)3-2-7(9)6-12-14/h2-4,6H,5,11H2,1H3,(H,13,15). The molecule has 0 atom stereocenters. The number of nitrogens with zero attached hydrogens (tertiary/aromatic N) is 2. The van der Waals surface area contributed by atoms with Crippen LogP contribution in [0.15, 0.2) is 24.4 Å². The second-order valence-electron chi connectivity index (χ2n) is 3.29. The first kappa shape index (κ1) is 9.67. The fraction of sp³-hybridized carbons (Fsp3) is 0.200. The number of amides is 1. The summed E-state index contributed by atoms with van der Waals surface area (Å²) in [6.07, 6.45) is 1.78. The molecule has 2 rings (SSSR count). The molecule has 0 spiro atoms. The molecule has 0 unspecified atom stereocenters. The summed E-state index contributed by atoms with van der Waals surface area (Å²) < 4.78 is 1.76. The van der Waals surface area contributed by atoms with Gasteiger partial charge in [0.25, 0.3) is 0 Å². The number of anilines is 1. The molecule has 5 nitrogen and oxygen atoms in total. The summed E-state index contributed by atoms with van der Waals surface area (Å²) in [5, 5.41) is 7.86. The molecule has 0 aliphatic rings. The highest BCUT2D eigenvalue weighted by atomic mass is 16.1. The predicted octanol–water partition coefficient (Wildman–Crippen LogP) is 0.470. The zero-order valence-electron chi connectivity index (χ0n) is 8.40. The Hall–Kier alpha value is -1.88. The van der Waals surface area contributed by atoms with Gasteiger partial charge in [0.15, 0.2) is 0 Å². The van der Waals surface area contributed by atoms with Gasteiger partial charge < -0.3 is 11.1 Å². The number of rotatable bonds is 2. The largest absolute Gasteiger partial charge is 0.325 e. The van der Waals surface area contributed by atoms with Crippen LogP contribution in [0.4, 0.5) is 5.69 Å². The van der Waals surface area contributed by atoms with Crippen LogP contribution < -0.4 is 11.1 Å². The summed E-state index contributed by atoms with van der Waals surface area (Å²) in [5.41, 5.74) is 6.93. The number of fused-ring (bicyclic) bond motifs is 1. The average molecular weight is 204 g/mol. The molecule has 1 aromatic heterocycles. The van der Waals surface area contributed by atoms with E-state index in [1.165, 1.54) is 0 Å². The number of hydrogen-bond donors (Lipinski definition) is 2. The van der Waals surface area contributed by atoms with Crippen molar-refractivity contribution in [1.29, 1.82) is 0 Å². The lowest BCUT2D eigenvalue weighted by molar-refractivity contribution is -0.114. The van der Waals surface area contributed by atoms with Gasteiger partial charge in [0.2, 0.25) is 5.91 Å².